The molecule has 1 fully saturated rings. The zero-order chi connectivity index (χ0) is 23.5. The summed E-state index contributed by atoms with van der Waals surface area (Å²) in [5.41, 5.74) is 0.372. The zero-order valence-corrected chi connectivity index (χ0v) is 18.6. The van der Waals surface area contributed by atoms with Crippen molar-refractivity contribution in [2.75, 3.05) is 22.8 Å². The first-order valence-electron chi connectivity index (χ1n) is 9.51. The minimum Gasteiger partial charge on any atom is -0.452 e. The molecule has 2 N–H and O–H groups in total. The zero-order valence-electron chi connectivity index (χ0n) is 17.0. The average molecular weight is 485 g/mol. The van der Waals surface area contributed by atoms with Crippen LogP contribution in [0.4, 0.5) is 10.1 Å². The predicted molar refractivity (Wildman–Crippen MR) is 114 cm³/mol. The Kier molecular flexibility index (Phi) is 6.84. The predicted octanol–water partition coefficient (Wildman–Crippen LogP) is 1.40. The third-order valence-corrected chi connectivity index (χ3v) is 8.01. The SMILES string of the molecule is Cc1ccc(F)cc1S(=O)(=O)Nc1cccc(C(=O)OCC(=O)N[C@@H]2CCS(=O)(=O)C2)c1. The highest BCUT2D eigenvalue weighted by Crippen LogP contribution is 2.21. The quantitative estimate of drug-likeness (QED) is 0.567. The van der Waals surface area contributed by atoms with E-state index in [2.05, 4.69) is 10.0 Å². The molecule has 1 saturated heterocycles. The van der Waals surface area contributed by atoms with Gasteiger partial charge in [0.25, 0.3) is 15.9 Å². The lowest BCUT2D eigenvalue weighted by molar-refractivity contribution is -0.124. The fraction of sp³-hybridized carbons (Fsp3) is 0.300. The molecule has 172 valence electrons. The van der Waals surface area contributed by atoms with Gasteiger partial charge in [0.1, 0.15) is 5.82 Å². The monoisotopic (exact) mass is 484 g/mol. The first-order valence-corrected chi connectivity index (χ1v) is 12.8. The van der Waals surface area contributed by atoms with Gasteiger partial charge in [-0.1, -0.05) is 12.1 Å². The number of aryl methyl sites for hydroxylation is 1. The van der Waals surface area contributed by atoms with Crippen LogP contribution in [0.15, 0.2) is 47.4 Å². The molecule has 1 atom stereocenters. The van der Waals surface area contributed by atoms with E-state index in [9.17, 15) is 30.8 Å². The Morgan fingerprint density at radius 3 is 2.62 bits per heavy atom. The maximum atomic E-state index is 13.5. The van der Waals surface area contributed by atoms with E-state index in [4.69, 9.17) is 4.74 Å². The van der Waals surface area contributed by atoms with Gasteiger partial charge in [-0.2, -0.15) is 0 Å². The van der Waals surface area contributed by atoms with E-state index < -0.39 is 50.2 Å². The number of benzene rings is 2. The van der Waals surface area contributed by atoms with Crippen LogP contribution in [-0.2, 0) is 29.4 Å². The van der Waals surface area contributed by atoms with Crippen molar-refractivity contribution < 1.29 is 35.6 Å². The molecule has 32 heavy (non-hydrogen) atoms. The highest BCUT2D eigenvalue weighted by Gasteiger charge is 2.29. The van der Waals surface area contributed by atoms with E-state index >= 15 is 0 Å². The number of nitrogens with one attached hydrogen (secondary N) is 2. The number of ether oxygens (including phenoxy) is 1. The third kappa shape index (κ3) is 6.04. The summed E-state index contributed by atoms with van der Waals surface area (Å²) in [5.74, 6) is -2.38. The van der Waals surface area contributed by atoms with E-state index in [1.807, 2.05) is 0 Å². The molecule has 1 heterocycles. The van der Waals surface area contributed by atoms with Crippen molar-refractivity contribution in [2.24, 2.45) is 0 Å². The first kappa shape index (κ1) is 23.7. The summed E-state index contributed by atoms with van der Waals surface area (Å²) in [6.07, 6.45) is 0.301. The Bertz CT molecular complexity index is 1260. The molecule has 0 bridgehead atoms. The maximum absolute atomic E-state index is 13.5. The number of carbonyl (C=O) groups is 2. The molecule has 0 aliphatic carbocycles. The van der Waals surface area contributed by atoms with Crippen LogP contribution in [0.3, 0.4) is 0 Å². The molecule has 2 aromatic carbocycles. The Labute approximate surface area is 184 Å². The van der Waals surface area contributed by atoms with Crippen molar-refractivity contribution in [3.05, 3.63) is 59.4 Å². The summed E-state index contributed by atoms with van der Waals surface area (Å²) < 4.78 is 68.7. The van der Waals surface area contributed by atoms with Gasteiger partial charge in [-0.15, -0.1) is 0 Å². The highest BCUT2D eigenvalue weighted by molar-refractivity contribution is 7.92. The van der Waals surface area contributed by atoms with Gasteiger partial charge in [0.2, 0.25) is 0 Å². The number of carbonyl (C=O) groups excluding carboxylic acids is 2. The number of esters is 1. The summed E-state index contributed by atoms with van der Waals surface area (Å²) in [7, 11) is -7.27. The maximum Gasteiger partial charge on any atom is 0.338 e. The van der Waals surface area contributed by atoms with Gasteiger partial charge < -0.3 is 10.1 Å². The number of sulfonamides is 1. The van der Waals surface area contributed by atoms with Gasteiger partial charge >= 0.3 is 5.97 Å². The van der Waals surface area contributed by atoms with Gasteiger partial charge in [-0.05, 0) is 49.2 Å². The van der Waals surface area contributed by atoms with Gasteiger partial charge in [-0.25, -0.2) is 26.0 Å². The smallest absolute Gasteiger partial charge is 0.338 e. The molecule has 0 aromatic heterocycles. The Balaban J connectivity index is 1.62. The number of hydrogen-bond acceptors (Lipinski definition) is 7. The molecule has 0 spiro atoms. The van der Waals surface area contributed by atoms with Crippen molar-refractivity contribution >= 4 is 37.4 Å². The fourth-order valence-corrected chi connectivity index (χ4v) is 6.16. The molecule has 0 unspecified atom stereocenters. The van der Waals surface area contributed by atoms with E-state index in [1.165, 1.54) is 37.3 Å². The number of amides is 1. The average Bonchev–Trinajstić information content (AvgIpc) is 3.05. The van der Waals surface area contributed by atoms with Gasteiger partial charge in [0.05, 0.1) is 22.0 Å². The molecule has 1 aliphatic heterocycles. The topological polar surface area (TPSA) is 136 Å². The fourth-order valence-electron chi connectivity index (χ4n) is 3.18. The molecule has 9 nitrogen and oxygen atoms in total. The standard InChI is InChI=1S/C20H21FN2O7S2/c1-13-5-6-15(21)10-18(13)32(28,29)23-16-4-2-3-14(9-16)20(25)30-11-19(24)22-17-7-8-31(26,27)12-17/h2-6,9-10,17,23H,7-8,11-12H2,1H3,(H,22,24)/t17-/m1/s1. The lowest BCUT2D eigenvalue weighted by Crippen LogP contribution is -2.38. The van der Waals surface area contributed by atoms with Crippen molar-refractivity contribution in [1.82, 2.24) is 5.32 Å². The second-order valence-electron chi connectivity index (χ2n) is 7.34. The summed E-state index contributed by atoms with van der Waals surface area (Å²) in [6.45, 7) is 0.904. The van der Waals surface area contributed by atoms with Gasteiger partial charge in [-0.3, -0.25) is 9.52 Å². The second kappa shape index (κ2) is 9.25. The lowest BCUT2D eigenvalue weighted by Gasteiger charge is -2.12. The van der Waals surface area contributed by atoms with Crippen LogP contribution in [0.25, 0.3) is 0 Å². The number of hydrogen-bond donors (Lipinski definition) is 2. The van der Waals surface area contributed by atoms with Crippen LogP contribution >= 0.6 is 0 Å². The minimum absolute atomic E-state index is 0.00438. The Morgan fingerprint density at radius 2 is 1.94 bits per heavy atom. The van der Waals surface area contributed by atoms with Crippen molar-refractivity contribution in [1.29, 1.82) is 0 Å². The van der Waals surface area contributed by atoms with Crippen LogP contribution < -0.4 is 10.0 Å². The van der Waals surface area contributed by atoms with Gasteiger partial charge in [0.15, 0.2) is 16.4 Å². The van der Waals surface area contributed by atoms with E-state index in [0.717, 1.165) is 12.1 Å². The molecule has 2 aromatic rings. The number of halogens is 1. The molecule has 1 aliphatic rings. The molecule has 3 rings (SSSR count). The van der Waals surface area contributed by atoms with Crippen molar-refractivity contribution in [2.45, 2.75) is 24.3 Å². The van der Waals surface area contributed by atoms with E-state index in [1.54, 1.807) is 0 Å². The normalized spacial score (nSPS) is 17.5. The second-order valence-corrected chi connectivity index (χ2v) is 11.2. The summed E-state index contributed by atoms with van der Waals surface area (Å²) in [6, 6.07) is 8.26. The van der Waals surface area contributed by atoms with Crippen LogP contribution in [-0.4, -0.2) is 52.9 Å². The van der Waals surface area contributed by atoms with E-state index in [-0.39, 0.29) is 27.7 Å². The van der Waals surface area contributed by atoms with Crippen molar-refractivity contribution in [3.63, 3.8) is 0 Å². The minimum atomic E-state index is -4.11. The summed E-state index contributed by atoms with van der Waals surface area (Å²) >= 11 is 0. The molecule has 1 amide bonds. The number of sulfone groups is 1. The molecule has 0 radical (unpaired) electrons. The van der Waals surface area contributed by atoms with Crippen LogP contribution in [0, 0.1) is 12.7 Å². The first-order chi connectivity index (χ1) is 14.9. The Morgan fingerprint density at radius 1 is 1.19 bits per heavy atom. The molecule has 12 heteroatoms. The van der Waals surface area contributed by atoms with Crippen LogP contribution in [0.1, 0.15) is 22.3 Å². The van der Waals surface area contributed by atoms with Crippen LogP contribution in [0.5, 0.6) is 0 Å². The largest absolute Gasteiger partial charge is 0.452 e. The molecule has 0 saturated carbocycles. The van der Waals surface area contributed by atoms with Gasteiger partial charge in [0, 0.05) is 11.7 Å². The summed E-state index contributed by atoms with van der Waals surface area (Å²) in [4.78, 5) is 23.9. The third-order valence-electron chi connectivity index (χ3n) is 4.72. The van der Waals surface area contributed by atoms with Crippen molar-refractivity contribution in [3.8, 4) is 0 Å². The lowest BCUT2D eigenvalue weighted by atomic mass is 10.2. The van der Waals surface area contributed by atoms with Crippen LogP contribution in [0.2, 0.25) is 0 Å². The highest BCUT2D eigenvalue weighted by atomic mass is 32.2. The summed E-state index contributed by atoms with van der Waals surface area (Å²) in [5, 5.41) is 2.49. The molecular weight excluding hydrogens is 463 g/mol. The number of anilines is 1. The Hall–Kier alpha value is -2.99. The molecular formula is C20H21FN2O7S2. The number of rotatable bonds is 7. The van der Waals surface area contributed by atoms with E-state index in [0.29, 0.717) is 12.0 Å².